The number of carboxylic acid groups (broad SMARTS) is 1. The van der Waals surface area contributed by atoms with Crippen molar-refractivity contribution < 1.29 is 19.4 Å². The summed E-state index contributed by atoms with van der Waals surface area (Å²) >= 11 is 1.08. The normalized spacial score (nSPS) is 19.8. The number of carboxylic acids is 1. The van der Waals surface area contributed by atoms with Gasteiger partial charge in [0, 0.05) is 6.20 Å². The van der Waals surface area contributed by atoms with Gasteiger partial charge in [-0.05, 0) is 6.92 Å². The first-order valence-electron chi connectivity index (χ1n) is 4.09. The highest BCUT2D eigenvalue weighted by Crippen LogP contribution is 2.34. The van der Waals surface area contributed by atoms with Gasteiger partial charge in [-0.15, -0.1) is 11.3 Å². The lowest BCUT2D eigenvalue weighted by atomic mass is 10.3. The fourth-order valence-electron chi connectivity index (χ4n) is 1.24. The quantitative estimate of drug-likeness (QED) is 0.798. The molecule has 76 valence electrons. The summed E-state index contributed by atoms with van der Waals surface area (Å²) in [6, 6.07) is 0. The third-order valence-corrected chi connectivity index (χ3v) is 3.14. The fraction of sp³-hybridized carbons (Fsp3) is 0.500. The first-order valence-corrected chi connectivity index (χ1v) is 4.91. The molecule has 1 aliphatic rings. The minimum atomic E-state index is -1.03. The van der Waals surface area contributed by atoms with Gasteiger partial charge >= 0.3 is 5.97 Å². The maximum atomic E-state index is 10.6. The molecule has 1 N–H and O–H groups in total. The summed E-state index contributed by atoms with van der Waals surface area (Å²) in [6.45, 7) is 2.81. The molecule has 1 saturated heterocycles. The zero-order valence-corrected chi connectivity index (χ0v) is 8.34. The van der Waals surface area contributed by atoms with E-state index >= 15 is 0 Å². The van der Waals surface area contributed by atoms with Crippen LogP contribution in [0.2, 0.25) is 0 Å². The van der Waals surface area contributed by atoms with Gasteiger partial charge in [-0.25, -0.2) is 9.78 Å². The molecule has 14 heavy (non-hydrogen) atoms. The smallest absolute Gasteiger partial charge is 0.365 e. The van der Waals surface area contributed by atoms with Crippen LogP contribution in [0.3, 0.4) is 0 Å². The molecule has 6 heteroatoms. The molecule has 0 bridgehead atoms. The lowest BCUT2D eigenvalue weighted by Gasteiger charge is -2.19. The Morgan fingerprint density at radius 1 is 1.64 bits per heavy atom. The van der Waals surface area contributed by atoms with E-state index in [4.69, 9.17) is 14.6 Å². The highest BCUT2D eigenvalue weighted by atomic mass is 32.1. The topological polar surface area (TPSA) is 68.7 Å². The molecule has 2 heterocycles. The number of rotatable bonds is 2. The maximum absolute atomic E-state index is 10.6. The zero-order valence-electron chi connectivity index (χ0n) is 7.52. The minimum absolute atomic E-state index is 0.0559. The number of aromatic nitrogens is 1. The zero-order chi connectivity index (χ0) is 10.2. The van der Waals surface area contributed by atoms with Crippen LogP contribution in [-0.4, -0.2) is 29.3 Å². The van der Waals surface area contributed by atoms with Crippen molar-refractivity contribution in [2.75, 3.05) is 13.2 Å². The predicted octanol–water partition coefficient (Wildman–Crippen LogP) is 1.06. The molecule has 0 aromatic carbocycles. The van der Waals surface area contributed by atoms with Crippen LogP contribution in [0, 0.1) is 0 Å². The maximum Gasteiger partial charge on any atom is 0.365 e. The van der Waals surface area contributed by atoms with Crippen molar-refractivity contribution in [3.05, 3.63) is 16.1 Å². The second-order valence-electron chi connectivity index (χ2n) is 2.98. The van der Waals surface area contributed by atoms with Gasteiger partial charge < -0.3 is 14.6 Å². The molecule has 0 unspecified atom stereocenters. The van der Waals surface area contributed by atoms with Crippen LogP contribution in [0.5, 0.6) is 0 Å². The summed E-state index contributed by atoms with van der Waals surface area (Å²) < 4.78 is 10.7. The van der Waals surface area contributed by atoms with E-state index in [-0.39, 0.29) is 5.01 Å². The Balaban J connectivity index is 2.28. The Morgan fingerprint density at radius 2 is 2.29 bits per heavy atom. The highest BCUT2D eigenvalue weighted by molar-refractivity contribution is 7.13. The number of ether oxygens (including phenoxy) is 2. The number of hydrogen-bond acceptors (Lipinski definition) is 5. The van der Waals surface area contributed by atoms with Crippen molar-refractivity contribution >= 4 is 17.3 Å². The Kier molecular flexibility index (Phi) is 2.26. The third kappa shape index (κ3) is 1.52. The van der Waals surface area contributed by atoms with E-state index in [1.165, 1.54) is 6.20 Å². The summed E-state index contributed by atoms with van der Waals surface area (Å²) in [5, 5.41) is 8.75. The van der Waals surface area contributed by atoms with Gasteiger partial charge in [-0.1, -0.05) is 0 Å². The molecule has 2 rings (SSSR count). The van der Waals surface area contributed by atoms with E-state index < -0.39 is 11.8 Å². The molecular weight excluding hydrogens is 206 g/mol. The molecule has 0 amide bonds. The lowest BCUT2D eigenvalue weighted by Crippen LogP contribution is -2.20. The molecule has 1 aromatic heterocycles. The Bertz CT molecular complexity index is 356. The summed E-state index contributed by atoms with van der Waals surface area (Å²) in [7, 11) is 0. The monoisotopic (exact) mass is 215 g/mol. The number of carbonyl (C=O) groups is 1. The molecule has 0 atom stereocenters. The van der Waals surface area contributed by atoms with Crippen LogP contribution in [-0.2, 0) is 15.3 Å². The van der Waals surface area contributed by atoms with Gasteiger partial charge in [0.2, 0.25) is 10.8 Å². The van der Waals surface area contributed by atoms with Crippen LogP contribution in [0.1, 0.15) is 21.6 Å². The molecule has 0 saturated carbocycles. The number of hydrogen-bond donors (Lipinski definition) is 1. The molecule has 0 aliphatic carbocycles. The van der Waals surface area contributed by atoms with Crippen molar-refractivity contribution in [3.8, 4) is 0 Å². The first kappa shape index (κ1) is 9.57. The Labute approximate surface area is 84.3 Å². The van der Waals surface area contributed by atoms with Crippen LogP contribution in [0.4, 0.5) is 0 Å². The number of aromatic carboxylic acids is 1. The van der Waals surface area contributed by atoms with Crippen molar-refractivity contribution in [2.45, 2.75) is 12.7 Å². The average Bonchev–Trinajstić information content (AvgIpc) is 2.71. The van der Waals surface area contributed by atoms with Gasteiger partial charge in [-0.3, -0.25) is 0 Å². The summed E-state index contributed by atoms with van der Waals surface area (Å²) in [6.07, 6.45) is 1.49. The standard InChI is InChI=1S/C8H9NO4S/c1-8(12-2-3-13-8)5-4-9-6(14-5)7(10)11/h4H,2-3H2,1H3,(H,10,11). The minimum Gasteiger partial charge on any atom is -0.476 e. The van der Waals surface area contributed by atoms with E-state index in [1.807, 2.05) is 0 Å². The van der Waals surface area contributed by atoms with E-state index in [0.29, 0.717) is 18.1 Å². The Morgan fingerprint density at radius 3 is 2.79 bits per heavy atom. The van der Waals surface area contributed by atoms with Gasteiger partial charge in [0.05, 0.1) is 18.1 Å². The molecule has 1 aromatic rings. The van der Waals surface area contributed by atoms with Crippen molar-refractivity contribution in [3.63, 3.8) is 0 Å². The summed E-state index contributed by atoms with van der Waals surface area (Å²) in [4.78, 5) is 15.1. The average molecular weight is 215 g/mol. The van der Waals surface area contributed by atoms with Crippen molar-refractivity contribution in [1.82, 2.24) is 4.98 Å². The predicted molar refractivity (Wildman–Crippen MR) is 48.3 cm³/mol. The van der Waals surface area contributed by atoms with E-state index in [9.17, 15) is 4.79 Å². The second kappa shape index (κ2) is 3.30. The largest absolute Gasteiger partial charge is 0.476 e. The molecule has 1 aliphatic heterocycles. The SMILES string of the molecule is CC1(c2cnc(C(=O)O)s2)OCCO1. The molecule has 1 fully saturated rings. The van der Waals surface area contributed by atoms with Gasteiger partial charge in [0.1, 0.15) is 0 Å². The van der Waals surface area contributed by atoms with Crippen molar-refractivity contribution in [1.29, 1.82) is 0 Å². The van der Waals surface area contributed by atoms with Gasteiger partial charge in [0.15, 0.2) is 0 Å². The van der Waals surface area contributed by atoms with E-state index in [1.54, 1.807) is 6.92 Å². The molecule has 5 nitrogen and oxygen atoms in total. The Hall–Kier alpha value is -0.980. The summed E-state index contributed by atoms with van der Waals surface area (Å²) in [5.74, 6) is -1.84. The van der Waals surface area contributed by atoms with Crippen molar-refractivity contribution in [2.24, 2.45) is 0 Å². The van der Waals surface area contributed by atoms with Gasteiger partial charge in [0.25, 0.3) is 0 Å². The number of thiazole rings is 1. The number of nitrogens with zero attached hydrogens (tertiary/aromatic N) is 1. The molecule has 0 radical (unpaired) electrons. The second-order valence-corrected chi connectivity index (χ2v) is 4.01. The fourth-order valence-corrected chi connectivity index (χ4v) is 2.05. The van der Waals surface area contributed by atoms with Crippen LogP contribution in [0.25, 0.3) is 0 Å². The van der Waals surface area contributed by atoms with Crippen LogP contribution < -0.4 is 0 Å². The van der Waals surface area contributed by atoms with E-state index in [0.717, 1.165) is 11.3 Å². The summed E-state index contributed by atoms with van der Waals surface area (Å²) in [5.41, 5.74) is 0. The lowest BCUT2D eigenvalue weighted by molar-refractivity contribution is -0.147. The first-order chi connectivity index (χ1) is 6.62. The molecule has 0 spiro atoms. The van der Waals surface area contributed by atoms with Crippen LogP contribution >= 0.6 is 11.3 Å². The highest BCUT2D eigenvalue weighted by Gasteiger charge is 2.35. The van der Waals surface area contributed by atoms with E-state index in [2.05, 4.69) is 4.98 Å². The third-order valence-electron chi connectivity index (χ3n) is 1.97. The molecular formula is C8H9NO4S. The van der Waals surface area contributed by atoms with Crippen LogP contribution in [0.15, 0.2) is 6.20 Å². The van der Waals surface area contributed by atoms with Gasteiger partial charge in [-0.2, -0.15) is 0 Å².